The van der Waals surface area contributed by atoms with E-state index < -0.39 is 23.7 Å². The Bertz CT molecular complexity index is 911. The van der Waals surface area contributed by atoms with Crippen LogP contribution in [0.1, 0.15) is 30.0 Å². The Morgan fingerprint density at radius 3 is 2.62 bits per heavy atom. The third-order valence-corrected chi connectivity index (χ3v) is 4.73. The van der Waals surface area contributed by atoms with Crippen molar-refractivity contribution in [2.24, 2.45) is 0 Å². The average molecular weight is 419 g/mol. The van der Waals surface area contributed by atoms with Gasteiger partial charge in [0.1, 0.15) is 5.76 Å². The van der Waals surface area contributed by atoms with Gasteiger partial charge in [0.15, 0.2) is 18.2 Å². The van der Waals surface area contributed by atoms with E-state index in [1.807, 2.05) is 0 Å². The van der Waals surface area contributed by atoms with E-state index >= 15 is 0 Å². The van der Waals surface area contributed by atoms with Crippen molar-refractivity contribution < 1.29 is 28.4 Å². The zero-order chi connectivity index (χ0) is 21.4. The molecule has 0 saturated heterocycles. The monoisotopic (exact) mass is 419 g/mol. The van der Waals surface area contributed by atoms with Crippen LogP contribution in [0.5, 0.6) is 0 Å². The van der Waals surface area contributed by atoms with Crippen molar-refractivity contribution >= 4 is 46.8 Å². The maximum absolute atomic E-state index is 12.0. The van der Waals surface area contributed by atoms with E-state index in [2.05, 4.69) is 15.8 Å². The Morgan fingerprint density at radius 1 is 1.21 bits per heavy atom. The highest BCUT2D eigenvalue weighted by Crippen LogP contribution is 2.15. The molecule has 1 aromatic carbocycles. The maximum Gasteiger partial charge on any atom is 0.316 e. The smallest absolute Gasteiger partial charge is 0.316 e. The molecule has 2 aromatic rings. The number of rotatable bonds is 9. The fourth-order valence-electron chi connectivity index (χ4n) is 2.12. The topological polar surface area (TPSA) is 128 Å². The largest absolute Gasteiger partial charge is 0.455 e. The van der Waals surface area contributed by atoms with E-state index in [0.29, 0.717) is 22.8 Å². The molecule has 154 valence electrons. The normalized spacial score (nSPS) is 11.4. The Morgan fingerprint density at radius 2 is 1.97 bits per heavy atom. The number of nitrogens with one attached hydrogen (secondary N) is 2. The van der Waals surface area contributed by atoms with Crippen LogP contribution in [0.3, 0.4) is 0 Å². The van der Waals surface area contributed by atoms with E-state index in [0.717, 1.165) is 11.8 Å². The van der Waals surface area contributed by atoms with Crippen molar-refractivity contribution in [1.82, 2.24) is 5.16 Å². The predicted octanol–water partition coefficient (Wildman–Crippen LogP) is 2.43. The van der Waals surface area contributed by atoms with Crippen LogP contribution in [0.15, 0.2) is 34.9 Å². The number of aryl methyl sites for hydroxylation is 1. The van der Waals surface area contributed by atoms with Crippen LogP contribution in [-0.4, -0.2) is 46.3 Å². The lowest BCUT2D eigenvalue weighted by atomic mass is 10.1. The van der Waals surface area contributed by atoms with Gasteiger partial charge >= 0.3 is 5.97 Å². The first-order chi connectivity index (χ1) is 13.7. The minimum Gasteiger partial charge on any atom is -0.455 e. The lowest BCUT2D eigenvalue weighted by molar-refractivity contribution is -0.144. The molecule has 2 rings (SSSR count). The minimum absolute atomic E-state index is 0.0977. The van der Waals surface area contributed by atoms with E-state index in [4.69, 9.17) is 9.26 Å². The molecule has 0 fully saturated rings. The van der Waals surface area contributed by atoms with Crippen LogP contribution < -0.4 is 10.6 Å². The van der Waals surface area contributed by atoms with Crippen molar-refractivity contribution in [3.05, 3.63) is 41.7 Å². The quantitative estimate of drug-likeness (QED) is 0.469. The molecule has 1 aromatic heterocycles. The molecule has 9 nitrogen and oxygen atoms in total. The molecule has 0 bridgehead atoms. The summed E-state index contributed by atoms with van der Waals surface area (Å²) in [5.74, 6) is -0.848. The van der Waals surface area contributed by atoms with Gasteiger partial charge in [-0.15, -0.1) is 11.8 Å². The van der Waals surface area contributed by atoms with Crippen LogP contribution >= 0.6 is 11.8 Å². The van der Waals surface area contributed by atoms with Crippen LogP contribution in [0, 0.1) is 6.92 Å². The number of hydrogen-bond acceptors (Lipinski definition) is 8. The first-order valence-corrected chi connectivity index (χ1v) is 9.71. The second kappa shape index (κ2) is 10.4. The molecule has 2 amide bonds. The molecule has 2 N–H and O–H groups in total. The summed E-state index contributed by atoms with van der Waals surface area (Å²) in [6, 6.07) is 8.01. The number of aromatic nitrogens is 1. The fraction of sp³-hybridized carbons (Fsp3) is 0.316. The van der Waals surface area contributed by atoms with Crippen molar-refractivity contribution in [1.29, 1.82) is 0 Å². The number of esters is 1. The Hall–Kier alpha value is -3.14. The number of anilines is 2. The molecule has 0 aliphatic rings. The second-order valence-corrected chi connectivity index (χ2v) is 7.44. The molecule has 1 heterocycles. The molecule has 29 heavy (non-hydrogen) atoms. The average Bonchev–Trinajstić information content (AvgIpc) is 3.09. The van der Waals surface area contributed by atoms with Crippen molar-refractivity contribution in [3.63, 3.8) is 0 Å². The van der Waals surface area contributed by atoms with E-state index in [1.165, 1.54) is 13.0 Å². The SMILES string of the molecule is CC(=O)c1cccc(NC(=O)COC(=O)CS[C@H](C)C(=O)Nc2cc(C)on2)c1. The van der Waals surface area contributed by atoms with E-state index in [9.17, 15) is 19.2 Å². The summed E-state index contributed by atoms with van der Waals surface area (Å²) in [6.45, 7) is 4.29. The molecule has 1 atom stereocenters. The van der Waals surface area contributed by atoms with Crippen molar-refractivity contribution in [2.75, 3.05) is 23.0 Å². The number of carbonyl (C=O) groups is 4. The van der Waals surface area contributed by atoms with E-state index in [1.54, 1.807) is 38.1 Å². The molecule has 0 aliphatic heterocycles. The third-order valence-electron chi connectivity index (χ3n) is 3.62. The molecule has 0 spiro atoms. The summed E-state index contributed by atoms with van der Waals surface area (Å²) in [7, 11) is 0. The van der Waals surface area contributed by atoms with Crippen LogP contribution in [0.25, 0.3) is 0 Å². The summed E-state index contributed by atoms with van der Waals surface area (Å²) in [5.41, 5.74) is 0.894. The predicted molar refractivity (Wildman–Crippen MR) is 108 cm³/mol. The highest BCUT2D eigenvalue weighted by atomic mass is 32.2. The van der Waals surface area contributed by atoms with E-state index in [-0.39, 0.29) is 17.4 Å². The summed E-state index contributed by atoms with van der Waals surface area (Å²) >= 11 is 1.07. The summed E-state index contributed by atoms with van der Waals surface area (Å²) in [5, 5.41) is 8.24. The minimum atomic E-state index is -0.625. The van der Waals surface area contributed by atoms with Gasteiger partial charge in [-0.3, -0.25) is 19.2 Å². The van der Waals surface area contributed by atoms with Crippen molar-refractivity contribution in [3.8, 4) is 0 Å². The van der Waals surface area contributed by atoms with Gasteiger partial charge in [-0.25, -0.2) is 0 Å². The van der Waals surface area contributed by atoms with Gasteiger partial charge in [0.25, 0.3) is 5.91 Å². The van der Waals surface area contributed by atoms with Gasteiger partial charge in [0.2, 0.25) is 5.91 Å². The molecule has 0 saturated carbocycles. The first-order valence-electron chi connectivity index (χ1n) is 8.67. The zero-order valence-electron chi connectivity index (χ0n) is 16.2. The Balaban J connectivity index is 1.70. The summed E-state index contributed by atoms with van der Waals surface area (Å²) in [6.07, 6.45) is 0. The highest BCUT2D eigenvalue weighted by Gasteiger charge is 2.18. The fourth-order valence-corrected chi connectivity index (χ4v) is 2.80. The number of amides is 2. The number of nitrogens with zero attached hydrogens (tertiary/aromatic N) is 1. The highest BCUT2D eigenvalue weighted by molar-refractivity contribution is 8.01. The molecular weight excluding hydrogens is 398 g/mol. The third kappa shape index (κ3) is 7.41. The van der Waals surface area contributed by atoms with Crippen LogP contribution in [-0.2, 0) is 19.1 Å². The standard InChI is InChI=1S/C19H21N3O6S/c1-11-7-16(22-28-11)21-19(26)13(3)29-10-18(25)27-9-17(24)20-15-6-4-5-14(8-15)12(2)23/h4-8,13H,9-10H2,1-3H3,(H,20,24)(H,21,22,26)/t13-/m1/s1. The Kier molecular flexibility index (Phi) is 7.96. The molecular formula is C19H21N3O6S. The number of carbonyl (C=O) groups excluding carboxylic acids is 4. The molecule has 10 heteroatoms. The lowest BCUT2D eigenvalue weighted by Gasteiger charge is -2.10. The second-order valence-electron chi connectivity index (χ2n) is 6.11. The number of ketones is 1. The number of ether oxygens (including phenoxy) is 1. The van der Waals surface area contributed by atoms with Crippen LogP contribution in [0.2, 0.25) is 0 Å². The molecule has 0 unspecified atom stereocenters. The van der Waals surface area contributed by atoms with Gasteiger partial charge < -0.3 is 19.9 Å². The number of Topliss-reactive ketones (excluding diaryl/α,β-unsaturated/α-hetero) is 1. The number of benzene rings is 1. The number of hydrogen-bond donors (Lipinski definition) is 2. The first kappa shape index (κ1) is 22.2. The van der Waals surface area contributed by atoms with Gasteiger partial charge in [-0.2, -0.15) is 0 Å². The number of thioether (sulfide) groups is 1. The van der Waals surface area contributed by atoms with Crippen LogP contribution in [0.4, 0.5) is 11.5 Å². The molecule has 0 aliphatic carbocycles. The van der Waals surface area contributed by atoms with Crippen molar-refractivity contribution in [2.45, 2.75) is 26.0 Å². The summed E-state index contributed by atoms with van der Waals surface area (Å²) in [4.78, 5) is 47.1. The van der Waals surface area contributed by atoms with Gasteiger partial charge in [0, 0.05) is 17.3 Å². The van der Waals surface area contributed by atoms with Gasteiger partial charge in [0.05, 0.1) is 11.0 Å². The Labute approximate surface area is 171 Å². The maximum atomic E-state index is 12.0. The summed E-state index contributed by atoms with van der Waals surface area (Å²) < 4.78 is 9.77. The lowest BCUT2D eigenvalue weighted by Crippen LogP contribution is -2.25. The van der Waals surface area contributed by atoms with Gasteiger partial charge in [-0.05, 0) is 32.9 Å². The molecule has 0 radical (unpaired) electrons. The van der Waals surface area contributed by atoms with Gasteiger partial charge in [-0.1, -0.05) is 17.3 Å². The zero-order valence-corrected chi connectivity index (χ0v) is 17.0.